The Kier molecular flexibility index (Phi) is 5.13. The molecule has 8 heteroatoms. The van der Waals surface area contributed by atoms with Gasteiger partial charge in [0.2, 0.25) is 0 Å². The summed E-state index contributed by atoms with van der Waals surface area (Å²) in [5.74, 6) is 0.0542. The van der Waals surface area contributed by atoms with Crippen molar-refractivity contribution < 1.29 is 13.2 Å². The maximum absolute atomic E-state index is 13.7. The number of carbonyl (C=O) groups excluding carboxylic acids is 1. The van der Waals surface area contributed by atoms with Crippen LogP contribution in [-0.2, 0) is 10.0 Å². The fourth-order valence-electron chi connectivity index (χ4n) is 3.38. The molecule has 5 nitrogen and oxygen atoms in total. The van der Waals surface area contributed by atoms with Gasteiger partial charge in [0.25, 0.3) is 10.0 Å². The molecule has 2 aromatic heterocycles. The summed E-state index contributed by atoms with van der Waals surface area (Å²) in [5.41, 5.74) is 1.06. The summed E-state index contributed by atoms with van der Waals surface area (Å²) in [6.07, 6.45) is 0. The number of ketones is 1. The first kappa shape index (κ1) is 20.0. The zero-order valence-corrected chi connectivity index (χ0v) is 18.6. The van der Waals surface area contributed by atoms with Crippen LogP contribution in [0.15, 0.2) is 94.3 Å². The molecule has 154 valence electrons. The Bertz CT molecular complexity index is 1520. The number of benzene rings is 3. The lowest BCUT2D eigenvalue weighted by Crippen LogP contribution is -2.15. The molecule has 0 aliphatic rings. The number of hydrogen-bond acceptors (Lipinski definition) is 6. The van der Waals surface area contributed by atoms with Crippen LogP contribution < -0.4 is 0 Å². The van der Waals surface area contributed by atoms with Crippen LogP contribution in [0.2, 0.25) is 0 Å². The van der Waals surface area contributed by atoms with E-state index >= 15 is 0 Å². The number of thioether (sulfide) groups is 1. The van der Waals surface area contributed by atoms with Crippen LogP contribution >= 0.6 is 23.1 Å². The summed E-state index contributed by atoms with van der Waals surface area (Å²) in [5, 5.41) is 3.93. The standard InChI is InChI=1S/C23H16N2O3S3/c26-21(22-10-5-13-29-22)15-30-23-24-19-8-3-4-9-20(19)25(23)31(27,28)18-12-11-16-6-1-2-7-17(16)14-18/h1-14H,15H2. The highest BCUT2D eigenvalue weighted by Crippen LogP contribution is 2.30. The maximum atomic E-state index is 13.7. The SMILES string of the molecule is O=C(CSc1nc2ccccc2n1S(=O)(=O)c1ccc2ccccc2c1)c1cccs1. The Labute approximate surface area is 187 Å². The van der Waals surface area contributed by atoms with Gasteiger partial charge in [0.1, 0.15) is 0 Å². The summed E-state index contributed by atoms with van der Waals surface area (Å²) in [4.78, 5) is 17.8. The van der Waals surface area contributed by atoms with Crippen LogP contribution in [-0.4, -0.2) is 28.9 Å². The summed E-state index contributed by atoms with van der Waals surface area (Å²) in [6.45, 7) is 0. The number of para-hydroxylation sites is 2. The van der Waals surface area contributed by atoms with Crippen molar-refractivity contribution in [3.8, 4) is 0 Å². The van der Waals surface area contributed by atoms with E-state index in [2.05, 4.69) is 4.98 Å². The zero-order chi connectivity index (χ0) is 21.4. The van der Waals surface area contributed by atoms with Gasteiger partial charge in [-0.05, 0) is 46.5 Å². The number of thiophene rings is 1. The van der Waals surface area contributed by atoms with Gasteiger partial charge in [0, 0.05) is 0 Å². The Morgan fingerprint density at radius 2 is 1.71 bits per heavy atom. The molecular formula is C23H16N2O3S3. The van der Waals surface area contributed by atoms with Crippen LogP contribution in [0.5, 0.6) is 0 Å². The highest BCUT2D eigenvalue weighted by atomic mass is 32.2. The van der Waals surface area contributed by atoms with E-state index in [-0.39, 0.29) is 21.6 Å². The molecule has 0 fully saturated rings. The average Bonchev–Trinajstić information content (AvgIpc) is 3.45. The van der Waals surface area contributed by atoms with Gasteiger partial charge in [-0.15, -0.1) is 11.3 Å². The van der Waals surface area contributed by atoms with E-state index in [4.69, 9.17) is 0 Å². The molecule has 0 N–H and O–H groups in total. The Morgan fingerprint density at radius 1 is 0.935 bits per heavy atom. The molecule has 3 aromatic carbocycles. The number of carbonyl (C=O) groups is 1. The van der Waals surface area contributed by atoms with Gasteiger partial charge >= 0.3 is 0 Å². The van der Waals surface area contributed by atoms with E-state index in [0.29, 0.717) is 15.9 Å². The summed E-state index contributed by atoms with van der Waals surface area (Å²) in [7, 11) is -3.92. The molecule has 5 rings (SSSR count). The second kappa shape index (κ2) is 7.96. The van der Waals surface area contributed by atoms with E-state index in [9.17, 15) is 13.2 Å². The van der Waals surface area contributed by atoms with Gasteiger partial charge in [0.05, 0.1) is 26.6 Å². The van der Waals surface area contributed by atoms with Crippen LogP contribution in [0.25, 0.3) is 21.8 Å². The molecule has 31 heavy (non-hydrogen) atoms. The first-order chi connectivity index (χ1) is 15.0. The third-order valence-electron chi connectivity index (χ3n) is 4.88. The molecule has 5 aromatic rings. The lowest BCUT2D eigenvalue weighted by Gasteiger charge is -2.11. The van der Waals surface area contributed by atoms with Crippen LogP contribution in [0.3, 0.4) is 0 Å². The highest BCUT2D eigenvalue weighted by molar-refractivity contribution is 8.00. The number of aromatic nitrogens is 2. The van der Waals surface area contributed by atoms with Crippen LogP contribution in [0.1, 0.15) is 9.67 Å². The quantitative estimate of drug-likeness (QED) is 0.246. The van der Waals surface area contributed by atoms with Crippen molar-refractivity contribution in [1.82, 2.24) is 8.96 Å². The van der Waals surface area contributed by atoms with Crippen molar-refractivity contribution >= 4 is 60.7 Å². The molecule has 0 spiro atoms. The molecule has 0 atom stereocenters. The maximum Gasteiger partial charge on any atom is 0.270 e. The monoisotopic (exact) mass is 464 g/mol. The highest BCUT2D eigenvalue weighted by Gasteiger charge is 2.25. The molecule has 2 heterocycles. The second-order valence-corrected chi connectivity index (χ2v) is 10.5. The number of Topliss-reactive ketones (excluding diaryl/α,β-unsaturated/α-hetero) is 1. The molecule has 0 bridgehead atoms. The third-order valence-corrected chi connectivity index (χ3v) is 8.54. The van der Waals surface area contributed by atoms with E-state index in [1.165, 1.54) is 15.3 Å². The normalized spacial score (nSPS) is 11.9. The topological polar surface area (TPSA) is 69.0 Å². The molecule has 0 aliphatic carbocycles. The molecule has 0 saturated carbocycles. The summed E-state index contributed by atoms with van der Waals surface area (Å²) < 4.78 is 28.6. The minimum absolute atomic E-state index is 0.0540. The first-order valence-corrected chi connectivity index (χ1v) is 12.8. The minimum Gasteiger partial charge on any atom is -0.292 e. The predicted octanol–water partition coefficient (Wildman–Crippen LogP) is 5.46. The largest absolute Gasteiger partial charge is 0.292 e. The lowest BCUT2D eigenvalue weighted by molar-refractivity contribution is 0.102. The zero-order valence-electron chi connectivity index (χ0n) is 16.1. The van der Waals surface area contributed by atoms with Gasteiger partial charge in [-0.1, -0.05) is 60.3 Å². The minimum atomic E-state index is -3.92. The van der Waals surface area contributed by atoms with Gasteiger partial charge < -0.3 is 0 Å². The van der Waals surface area contributed by atoms with Crippen molar-refractivity contribution in [2.75, 3.05) is 5.75 Å². The van der Waals surface area contributed by atoms with Gasteiger partial charge in [-0.3, -0.25) is 4.79 Å². The lowest BCUT2D eigenvalue weighted by atomic mass is 10.1. The van der Waals surface area contributed by atoms with E-state index in [0.717, 1.165) is 22.5 Å². The Morgan fingerprint density at radius 3 is 2.52 bits per heavy atom. The molecule has 0 amide bonds. The van der Waals surface area contributed by atoms with Crippen molar-refractivity contribution in [2.45, 2.75) is 10.1 Å². The number of imidazole rings is 1. The number of rotatable bonds is 6. The molecule has 0 saturated heterocycles. The first-order valence-electron chi connectivity index (χ1n) is 9.45. The van der Waals surface area contributed by atoms with Crippen molar-refractivity contribution in [3.05, 3.63) is 89.1 Å². The predicted molar refractivity (Wildman–Crippen MR) is 126 cm³/mol. The smallest absolute Gasteiger partial charge is 0.270 e. The van der Waals surface area contributed by atoms with Crippen LogP contribution in [0.4, 0.5) is 0 Å². The second-order valence-electron chi connectivity index (χ2n) is 6.85. The van der Waals surface area contributed by atoms with E-state index < -0.39 is 10.0 Å². The van der Waals surface area contributed by atoms with Crippen molar-refractivity contribution in [3.63, 3.8) is 0 Å². The number of hydrogen-bond donors (Lipinski definition) is 0. The Balaban J connectivity index is 1.60. The average molecular weight is 465 g/mol. The molecule has 0 unspecified atom stereocenters. The fourth-order valence-corrected chi connectivity index (χ4v) is 6.77. The van der Waals surface area contributed by atoms with Crippen molar-refractivity contribution in [1.29, 1.82) is 0 Å². The summed E-state index contributed by atoms with van der Waals surface area (Å²) >= 11 is 2.50. The van der Waals surface area contributed by atoms with Gasteiger partial charge in [0.15, 0.2) is 10.9 Å². The fraction of sp³-hybridized carbons (Fsp3) is 0.0435. The molecular weight excluding hydrogens is 448 g/mol. The van der Waals surface area contributed by atoms with Crippen molar-refractivity contribution in [2.24, 2.45) is 0 Å². The number of nitrogens with zero attached hydrogens (tertiary/aromatic N) is 2. The van der Waals surface area contributed by atoms with E-state index in [1.54, 1.807) is 42.5 Å². The van der Waals surface area contributed by atoms with Gasteiger partial charge in [-0.2, -0.15) is 0 Å². The molecule has 0 aliphatic heterocycles. The number of fused-ring (bicyclic) bond motifs is 2. The van der Waals surface area contributed by atoms with Crippen LogP contribution in [0, 0.1) is 0 Å². The van der Waals surface area contributed by atoms with E-state index in [1.807, 2.05) is 41.8 Å². The molecule has 0 radical (unpaired) electrons. The third kappa shape index (κ3) is 3.67. The Hall–Kier alpha value is -2.94. The summed E-state index contributed by atoms with van der Waals surface area (Å²) in [6, 6.07) is 23.4. The van der Waals surface area contributed by atoms with Gasteiger partial charge in [-0.25, -0.2) is 17.4 Å².